The number of phenolic OH excluding ortho intramolecular Hbond substituents is 1. The Morgan fingerprint density at radius 1 is 1.17 bits per heavy atom. The van der Waals surface area contributed by atoms with Gasteiger partial charge in [-0.2, -0.15) is 5.10 Å². The molecule has 0 atom stereocenters. The number of hydrogen-bond acceptors (Lipinski definition) is 5. The van der Waals surface area contributed by atoms with Gasteiger partial charge in [-0.25, -0.2) is 5.43 Å². The number of phenols is 1. The van der Waals surface area contributed by atoms with Crippen molar-refractivity contribution in [3.8, 4) is 17.2 Å². The van der Waals surface area contributed by atoms with Crippen molar-refractivity contribution in [3.05, 3.63) is 53.1 Å². The topological polar surface area (TPSA) is 80.2 Å². The number of hydrogen-bond donors (Lipinski definition) is 2. The summed E-state index contributed by atoms with van der Waals surface area (Å²) < 4.78 is 10.4. The van der Waals surface area contributed by atoms with Gasteiger partial charge < -0.3 is 14.6 Å². The monoisotopic (exact) mass is 328 g/mol. The van der Waals surface area contributed by atoms with Crippen LogP contribution in [0.25, 0.3) is 0 Å². The van der Waals surface area contributed by atoms with E-state index in [-0.39, 0.29) is 11.7 Å². The molecule has 2 rings (SSSR count). The van der Waals surface area contributed by atoms with Crippen molar-refractivity contribution in [1.82, 2.24) is 5.43 Å². The first-order valence-electron chi connectivity index (χ1n) is 7.33. The Hall–Kier alpha value is -3.02. The van der Waals surface area contributed by atoms with E-state index in [0.717, 1.165) is 5.56 Å². The first-order chi connectivity index (χ1) is 11.5. The number of methoxy groups -OCH3 is 2. The second-order valence-corrected chi connectivity index (χ2v) is 5.23. The third kappa shape index (κ3) is 3.84. The second kappa shape index (κ2) is 7.50. The average Bonchev–Trinajstić information content (AvgIpc) is 2.58. The molecule has 2 aromatic rings. The molecule has 0 saturated heterocycles. The zero-order chi connectivity index (χ0) is 17.7. The van der Waals surface area contributed by atoms with Gasteiger partial charge in [0.2, 0.25) is 0 Å². The number of nitrogens with zero attached hydrogens (tertiary/aromatic N) is 1. The number of carbonyl (C=O) groups is 1. The van der Waals surface area contributed by atoms with E-state index in [1.165, 1.54) is 20.3 Å². The highest BCUT2D eigenvalue weighted by Gasteiger charge is 2.15. The van der Waals surface area contributed by atoms with Crippen LogP contribution in [0.15, 0.2) is 41.5 Å². The predicted molar refractivity (Wildman–Crippen MR) is 92.1 cm³/mol. The molecule has 0 aliphatic rings. The summed E-state index contributed by atoms with van der Waals surface area (Å²) in [5.74, 6) is 0.491. The van der Waals surface area contributed by atoms with Gasteiger partial charge in [-0.3, -0.25) is 4.79 Å². The van der Waals surface area contributed by atoms with Crippen LogP contribution in [0.5, 0.6) is 17.2 Å². The average molecular weight is 328 g/mol. The minimum absolute atomic E-state index is 0.0442. The third-order valence-electron chi connectivity index (χ3n) is 3.48. The summed E-state index contributed by atoms with van der Waals surface area (Å²) in [6.07, 6.45) is 0. The first-order valence-corrected chi connectivity index (χ1v) is 7.33. The van der Waals surface area contributed by atoms with Crippen LogP contribution in [0.4, 0.5) is 0 Å². The van der Waals surface area contributed by atoms with Crippen LogP contribution in [0, 0.1) is 6.92 Å². The molecule has 0 saturated carbocycles. The van der Waals surface area contributed by atoms with Gasteiger partial charge in [0.1, 0.15) is 17.2 Å². The number of benzene rings is 2. The molecule has 0 unspecified atom stereocenters. The molecule has 6 nitrogen and oxygen atoms in total. The molecule has 24 heavy (non-hydrogen) atoms. The van der Waals surface area contributed by atoms with Gasteiger partial charge in [-0.05, 0) is 26.0 Å². The zero-order valence-electron chi connectivity index (χ0n) is 14.1. The van der Waals surface area contributed by atoms with Gasteiger partial charge in [0.15, 0.2) is 0 Å². The van der Waals surface area contributed by atoms with Crippen molar-refractivity contribution in [1.29, 1.82) is 0 Å². The molecular formula is C18H20N2O4. The molecule has 0 heterocycles. The van der Waals surface area contributed by atoms with Crippen molar-refractivity contribution >= 4 is 11.6 Å². The molecule has 0 radical (unpaired) electrons. The summed E-state index contributed by atoms with van der Waals surface area (Å²) in [5, 5.41) is 14.2. The first kappa shape index (κ1) is 17.3. The summed E-state index contributed by atoms with van der Waals surface area (Å²) in [6.45, 7) is 3.58. The normalized spacial score (nSPS) is 11.1. The highest BCUT2D eigenvalue weighted by Crippen LogP contribution is 2.33. The fourth-order valence-electron chi connectivity index (χ4n) is 2.26. The molecule has 0 bridgehead atoms. The number of ether oxygens (including phenoxy) is 2. The van der Waals surface area contributed by atoms with Gasteiger partial charge in [-0.1, -0.05) is 17.7 Å². The number of rotatable bonds is 5. The molecule has 2 N–H and O–H groups in total. The lowest BCUT2D eigenvalue weighted by molar-refractivity contribution is 0.0954. The lowest BCUT2D eigenvalue weighted by atomic mass is 10.1. The molecule has 0 aliphatic carbocycles. The van der Waals surface area contributed by atoms with Crippen LogP contribution >= 0.6 is 0 Å². The minimum atomic E-state index is -0.329. The van der Waals surface area contributed by atoms with E-state index in [9.17, 15) is 9.90 Å². The summed E-state index contributed by atoms with van der Waals surface area (Å²) in [7, 11) is 2.98. The Morgan fingerprint density at radius 2 is 1.92 bits per heavy atom. The van der Waals surface area contributed by atoms with Gasteiger partial charge in [-0.15, -0.1) is 0 Å². The van der Waals surface area contributed by atoms with Crippen molar-refractivity contribution < 1.29 is 19.4 Å². The fourth-order valence-corrected chi connectivity index (χ4v) is 2.26. The molecule has 126 valence electrons. The number of aryl methyl sites for hydroxylation is 1. The summed E-state index contributed by atoms with van der Waals surface area (Å²) >= 11 is 0. The maximum Gasteiger partial charge on any atom is 0.271 e. The van der Waals surface area contributed by atoms with E-state index in [1.807, 2.05) is 13.0 Å². The van der Waals surface area contributed by atoms with E-state index in [1.54, 1.807) is 31.2 Å². The molecule has 1 amide bonds. The lowest BCUT2D eigenvalue weighted by Crippen LogP contribution is -2.19. The molecule has 0 spiro atoms. The van der Waals surface area contributed by atoms with E-state index < -0.39 is 0 Å². The van der Waals surface area contributed by atoms with E-state index in [0.29, 0.717) is 28.3 Å². The van der Waals surface area contributed by atoms with Crippen molar-refractivity contribution in [2.24, 2.45) is 5.10 Å². The largest absolute Gasteiger partial charge is 0.507 e. The SMILES string of the molecule is COc1cc(O)c(C(C)=NNC(=O)c2cccc(C)c2)c(OC)c1. The van der Waals surface area contributed by atoms with Crippen LogP contribution in [0.3, 0.4) is 0 Å². The van der Waals surface area contributed by atoms with Crippen molar-refractivity contribution in [2.45, 2.75) is 13.8 Å². The number of aromatic hydroxyl groups is 1. The Kier molecular flexibility index (Phi) is 5.42. The third-order valence-corrected chi connectivity index (χ3v) is 3.48. The Bertz CT molecular complexity index is 785. The van der Waals surface area contributed by atoms with E-state index in [2.05, 4.69) is 10.5 Å². The zero-order valence-corrected chi connectivity index (χ0v) is 14.1. The predicted octanol–water partition coefficient (Wildman–Crippen LogP) is 2.87. The highest BCUT2D eigenvalue weighted by atomic mass is 16.5. The number of nitrogens with one attached hydrogen (secondary N) is 1. The van der Waals surface area contributed by atoms with Crippen LogP contribution in [0.1, 0.15) is 28.4 Å². The number of amides is 1. The maximum atomic E-state index is 12.1. The van der Waals surface area contributed by atoms with E-state index in [4.69, 9.17) is 9.47 Å². The number of hydrazone groups is 1. The molecule has 0 fully saturated rings. The summed E-state index contributed by atoms with van der Waals surface area (Å²) in [6, 6.07) is 10.3. The standard InChI is InChI=1S/C18H20N2O4/c1-11-6-5-7-13(8-11)18(22)20-19-12(2)17-15(21)9-14(23-3)10-16(17)24-4/h5-10,21H,1-4H3,(H,20,22). The highest BCUT2D eigenvalue weighted by molar-refractivity contribution is 6.05. The van der Waals surface area contributed by atoms with Crippen molar-refractivity contribution in [2.75, 3.05) is 14.2 Å². The van der Waals surface area contributed by atoms with Gasteiger partial charge in [0.05, 0.1) is 25.5 Å². The van der Waals surface area contributed by atoms with Crippen molar-refractivity contribution in [3.63, 3.8) is 0 Å². The lowest BCUT2D eigenvalue weighted by Gasteiger charge is -2.12. The quantitative estimate of drug-likeness (QED) is 0.653. The second-order valence-electron chi connectivity index (χ2n) is 5.23. The smallest absolute Gasteiger partial charge is 0.271 e. The minimum Gasteiger partial charge on any atom is -0.507 e. The molecule has 0 aromatic heterocycles. The summed E-state index contributed by atoms with van der Waals surface area (Å²) in [5.41, 5.74) is 4.78. The van der Waals surface area contributed by atoms with Gasteiger partial charge in [0.25, 0.3) is 5.91 Å². The Labute approximate surface area is 140 Å². The maximum absolute atomic E-state index is 12.1. The number of carbonyl (C=O) groups excluding carboxylic acids is 1. The van der Waals surface area contributed by atoms with Crippen LogP contribution in [-0.4, -0.2) is 30.9 Å². The molecule has 6 heteroatoms. The van der Waals surface area contributed by atoms with Gasteiger partial charge >= 0.3 is 0 Å². The van der Waals surface area contributed by atoms with Crippen LogP contribution in [0.2, 0.25) is 0 Å². The molecule has 2 aromatic carbocycles. The van der Waals surface area contributed by atoms with Gasteiger partial charge in [0, 0.05) is 17.7 Å². The van der Waals surface area contributed by atoms with E-state index >= 15 is 0 Å². The van der Waals surface area contributed by atoms with Crippen LogP contribution in [-0.2, 0) is 0 Å². The van der Waals surface area contributed by atoms with Crippen LogP contribution < -0.4 is 14.9 Å². The Morgan fingerprint density at radius 3 is 2.54 bits per heavy atom. The summed E-state index contributed by atoms with van der Waals surface area (Å²) in [4.78, 5) is 12.1. The molecule has 0 aliphatic heterocycles. The molecular weight excluding hydrogens is 308 g/mol. The fraction of sp³-hybridized carbons (Fsp3) is 0.222. The Balaban J connectivity index is 2.26.